The summed E-state index contributed by atoms with van der Waals surface area (Å²) in [6.07, 6.45) is 6.34. The van der Waals surface area contributed by atoms with Crippen LogP contribution < -0.4 is 11.1 Å². The molecule has 0 aromatic carbocycles. The molecule has 2 rings (SSSR count). The maximum Gasteiger partial charge on any atom is 0.220 e. The molecule has 1 atom stereocenters. The predicted molar refractivity (Wildman–Crippen MR) is 61.9 cm³/mol. The van der Waals surface area contributed by atoms with E-state index in [1.54, 1.807) is 0 Å². The minimum absolute atomic E-state index is 0.148. The summed E-state index contributed by atoms with van der Waals surface area (Å²) in [7, 11) is 0. The van der Waals surface area contributed by atoms with Crippen LogP contribution in [-0.4, -0.2) is 31.7 Å². The Kier molecular flexibility index (Phi) is 3.82. The van der Waals surface area contributed by atoms with Crippen LogP contribution in [0.2, 0.25) is 0 Å². The Bertz CT molecular complexity index is 245. The fraction of sp³-hybridized carbons (Fsp3) is 0.917. The highest BCUT2D eigenvalue weighted by atomic mass is 16.5. The van der Waals surface area contributed by atoms with Gasteiger partial charge in [0, 0.05) is 19.6 Å². The molecule has 1 saturated heterocycles. The molecule has 92 valence electrons. The van der Waals surface area contributed by atoms with E-state index in [9.17, 15) is 4.79 Å². The van der Waals surface area contributed by atoms with Crippen molar-refractivity contribution < 1.29 is 9.53 Å². The predicted octanol–water partition coefficient (Wildman–Crippen LogP) is 0.801. The molecule has 1 amide bonds. The number of hydrogen-bond acceptors (Lipinski definition) is 3. The van der Waals surface area contributed by atoms with Crippen LogP contribution >= 0.6 is 0 Å². The molecule has 3 N–H and O–H groups in total. The lowest BCUT2D eigenvalue weighted by molar-refractivity contribution is -0.121. The van der Waals surface area contributed by atoms with Gasteiger partial charge < -0.3 is 15.8 Å². The fourth-order valence-corrected chi connectivity index (χ4v) is 2.17. The lowest BCUT2D eigenvalue weighted by atomic mass is 10.1. The van der Waals surface area contributed by atoms with Gasteiger partial charge in [0.2, 0.25) is 5.91 Å². The molecule has 1 aliphatic carbocycles. The van der Waals surface area contributed by atoms with Crippen LogP contribution in [0, 0.1) is 5.41 Å². The third-order valence-electron chi connectivity index (χ3n) is 3.77. The zero-order valence-corrected chi connectivity index (χ0v) is 9.84. The summed E-state index contributed by atoms with van der Waals surface area (Å²) in [6.45, 7) is 2.31. The van der Waals surface area contributed by atoms with Gasteiger partial charge in [0.15, 0.2) is 0 Å². The summed E-state index contributed by atoms with van der Waals surface area (Å²) in [5.41, 5.74) is 5.89. The van der Waals surface area contributed by atoms with Gasteiger partial charge >= 0.3 is 0 Å². The molecule has 0 radical (unpaired) electrons. The average molecular weight is 226 g/mol. The summed E-state index contributed by atoms with van der Waals surface area (Å²) in [5, 5.41) is 2.99. The van der Waals surface area contributed by atoms with Gasteiger partial charge in [-0.15, -0.1) is 0 Å². The molecule has 0 aromatic heterocycles. The average Bonchev–Trinajstić information content (AvgIpc) is 2.90. The van der Waals surface area contributed by atoms with E-state index in [-0.39, 0.29) is 11.3 Å². The molecule has 1 heterocycles. The van der Waals surface area contributed by atoms with Crippen molar-refractivity contribution in [2.24, 2.45) is 11.1 Å². The first-order valence-corrected chi connectivity index (χ1v) is 6.32. The second-order valence-electron chi connectivity index (χ2n) is 5.15. The normalized spacial score (nSPS) is 26.7. The molecule has 2 aliphatic rings. The minimum atomic E-state index is 0.148. The van der Waals surface area contributed by atoms with Gasteiger partial charge in [-0.25, -0.2) is 0 Å². The molecule has 0 spiro atoms. The van der Waals surface area contributed by atoms with E-state index in [0.717, 1.165) is 45.3 Å². The van der Waals surface area contributed by atoms with Crippen molar-refractivity contribution in [3.05, 3.63) is 0 Å². The molecule has 1 unspecified atom stereocenters. The molecular weight excluding hydrogens is 204 g/mol. The van der Waals surface area contributed by atoms with E-state index in [1.165, 1.54) is 0 Å². The highest BCUT2D eigenvalue weighted by Gasteiger charge is 2.41. The SMILES string of the molecule is NCC1(CNC(=O)CCC2CCCO2)CC1. The van der Waals surface area contributed by atoms with E-state index in [0.29, 0.717) is 19.1 Å². The molecular formula is C12H22N2O2. The fourth-order valence-electron chi connectivity index (χ4n) is 2.17. The van der Waals surface area contributed by atoms with Gasteiger partial charge in [-0.05, 0) is 44.1 Å². The highest BCUT2D eigenvalue weighted by molar-refractivity contribution is 5.75. The number of ether oxygens (including phenoxy) is 1. The van der Waals surface area contributed by atoms with E-state index in [2.05, 4.69) is 5.32 Å². The summed E-state index contributed by atoms with van der Waals surface area (Å²) < 4.78 is 5.48. The van der Waals surface area contributed by atoms with Crippen LogP contribution in [0.15, 0.2) is 0 Å². The van der Waals surface area contributed by atoms with E-state index in [1.807, 2.05) is 0 Å². The zero-order valence-electron chi connectivity index (χ0n) is 9.84. The Morgan fingerprint density at radius 2 is 2.31 bits per heavy atom. The van der Waals surface area contributed by atoms with Crippen LogP contribution in [0.4, 0.5) is 0 Å². The van der Waals surface area contributed by atoms with Gasteiger partial charge in [-0.1, -0.05) is 0 Å². The summed E-state index contributed by atoms with van der Waals surface area (Å²) in [6, 6.07) is 0. The van der Waals surface area contributed by atoms with E-state index >= 15 is 0 Å². The topological polar surface area (TPSA) is 64.3 Å². The number of nitrogens with two attached hydrogens (primary N) is 1. The zero-order chi connectivity index (χ0) is 11.4. The molecule has 2 fully saturated rings. The molecule has 16 heavy (non-hydrogen) atoms. The Morgan fingerprint density at radius 1 is 1.50 bits per heavy atom. The highest BCUT2D eigenvalue weighted by Crippen LogP contribution is 2.43. The molecule has 0 aromatic rings. The minimum Gasteiger partial charge on any atom is -0.378 e. The first-order valence-electron chi connectivity index (χ1n) is 6.32. The molecule has 1 aliphatic heterocycles. The van der Waals surface area contributed by atoms with Crippen LogP contribution in [0.5, 0.6) is 0 Å². The molecule has 1 saturated carbocycles. The molecule has 0 bridgehead atoms. The smallest absolute Gasteiger partial charge is 0.220 e. The van der Waals surface area contributed by atoms with Crippen molar-refractivity contribution in [3.63, 3.8) is 0 Å². The van der Waals surface area contributed by atoms with Crippen molar-refractivity contribution in [2.75, 3.05) is 19.7 Å². The Labute approximate surface area is 96.9 Å². The monoisotopic (exact) mass is 226 g/mol. The maximum absolute atomic E-state index is 11.6. The van der Waals surface area contributed by atoms with E-state index in [4.69, 9.17) is 10.5 Å². The quantitative estimate of drug-likeness (QED) is 0.704. The molecule has 4 heteroatoms. The maximum atomic E-state index is 11.6. The van der Waals surface area contributed by atoms with Crippen molar-refractivity contribution in [3.8, 4) is 0 Å². The number of carbonyl (C=O) groups excluding carboxylic acids is 1. The number of carbonyl (C=O) groups is 1. The van der Waals surface area contributed by atoms with Crippen LogP contribution in [0.1, 0.15) is 38.5 Å². The second kappa shape index (κ2) is 5.15. The van der Waals surface area contributed by atoms with Gasteiger partial charge in [0.05, 0.1) is 6.10 Å². The summed E-state index contributed by atoms with van der Waals surface area (Å²) in [5.74, 6) is 0.148. The summed E-state index contributed by atoms with van der Waals surface area (Å²) in [4.78, 5) is 11.6. The standard InChI is InChI=1S/C12H22N2O2/c13-8-12(5-6-12)9-14-11(15)4-3-10-2-1-7-16-10/h10H,1-9,13H2,(H,14,15). The summed E-state index contributed by atoms with van der Waals surface area (Å²) >= 11 is 0. The lowest BCUT2D eigenvalue weighted by Gasteiger charge is -2.14. The van der Waals surface area contributed by atoms with Crippen molar-refractivity contribution in [2.45, 2.75) is 44.6 Å². The van der Waals surface area contributed by atoms with Crippen molar-refractivity contribution in [1.29, 1.82) is 0 Å². The Morgan fingerprint density at radius 3 is 2.88 bits per heavy atom. The number of nitrogens with one attached hydrogen (secondary N) is 1. The van der Waals surface area contributed by atoms with Crippen LogP contribution in [0.3, 0.4) is 0 Å². The van der Waals surface area contributed by atoms with Crippen molar-refractivity contribution in [1.82, 2.24) is 5.32 Å². The molecule has 4 nitrogen and oxygen atoms in total. The van der Waals surface area contributed by atoms with Gasteiger partial charge in [0.1, 0.15) is 0 Å². The Balaban J connectivity index is 1.57. The number of hydrogen-bond donors (Lipinski definition) is 2. The lowest BCUT2D eigenvalue weighted by Crippen LogP contribution is -2.34. The largest absolute Gasteiger partial charge is 0.378 e. The first kappa shape index (κ1) is 11.9. The van der Waals surface area contributed by atoms with Crippen LogP contribution in [0.25, 0.3) is 0 Å². The second-order valence-corrected chi connectivity index (χ2v) is 5.15. The van der Waals surface area contributed by atoms with Gasteiger partial charge in [0.25, 0.3) is 0 Å². The third kappa shape index (κ3) is 3.19. The first-order chi connectivity index (χ1) is 7.74. The third-order valence-corrected chi connectivity index (χ3v) is 3.77. The number of rotatable bonds is 6. The Hall–Kier alpha value is -0.610. The van der Waals surface area contributed by atoms with Gasteiger partial charge in [-0.2, -0.15) is 0 Å². The van der Waals surface area contributed by atoms with E-state index < -0.39 is 0 Å². The van der Waals surface area contributed by atoms with Crippen molar-refractivity contribution >= 4 is 5.91 Å². The number of amides is 1. The van der Waals surface area contributed by atoms with Crippen LogP contribution in [-0.2, 0) is 9.53 Å². The van der Waals surface area contributed by atoms with Gasteiger partial charge in [-0.3, -0.25) is 4.79 Å².